The van der Waals surface area contributed by atoms with Gasteiger partial charge >= 0.3 is 0 Å². The van der Waals surface area contributed by atoms with Crippen molar-refractivity contribution in [3.8, 4) is 0 Å². The third-order valence-corrected chi connectivity index (χ3v) is 8.57. The summed E-state index contributed by atoms with van der Waals surface area (Å²) in [6.45, 7) is 3.71. The second-order valence-electron chi connectivity index (χ2n) is 10.5. The largest absolute Gasteiger partial charge is 0.383 e. The van der Waals surface area contributed by atoms with Crippen molar-refractivity contribution in [1.82, 2.24) is 29.7 Å². The van der Waals surface area contributed by atoms with Gasteiger partial charge in [-0.2, -0.15) is 0 Å². The smallest absolute Gasteiger partial charge is 0.261 e. The number of carbonyl (C=O) groups is 2. The number of aromatic nitrogens is 4. The molecule has 12 heteroatoms. The van der Waals surface area contributed by atoms with Crippen LogP contribution in [-0.4, -0.2) is 83.4 Å². The molecule has 0 spiro atoms. The molecular weight excluding hydrogens is 490 g/mol. The maximum absolute atomic E-state index is 12.6. The van der Waals surface area contributed by atoms with E-state index in [-0.39, 0.29) is 24.2 Å². The summed E-state index contributed by atoms with van der Waals surface area (Å²) in [5.74, 6) is -0.436. The van der Waals surface area contributed by atoms with Gasteiger partial charge in [0.1, 0.15) is 29.2 Å². The molecule has 5 atom stereocenters. The normalized spacial score (nSPS) is 30.3. The number of ether oxygens (including phenoxy) is 1. The summed E-state index contributed by atoms with van der Waals surface area (Å²) in [4.78, 5) is 38.9. The van der Waals surface area contributed by atoms with Crippen molar-refractivity contribution < 1.29 is 24.5 Å². The molecule has 2 aromatic heterocycles. The quantitative estimate of drug-likeness (QED) is 0.257. The molecule has 5 N–H and O–H groups in total. The summed E-state index contributed by atoms with van der Waals surface area (Å²) in [7, 11) is 1.75. The number of nitrogens with one attached hydrogen (secondary N) is 1. The Bertz CT molecular complexity index is 1470. The fraction of sp³-hybridized carbons (Fsp3) is 0.423. The monoisotopic (exact) mass is 519 g/mol. The number of fused-ring (bicyclic) bond motifs is 3. The van der Waals surface area contributed by atoms with Gasteiger partial charge in [0.25, 0.3) is 11.8 Å². The maximum Gasteiger partial charge on any atom is 0.261 e. The molecule has 1 unspecified atom stereocenters. The number of carbonyl (C=O) groups excluding carboxylic acids is 2. The average molecular weight is 520 g/mol. The molecule has 12 nitrogen and oxygen atoms in total. The van der Waals surface area contributed by atoms with Crippen molar-refractivity contribution in [2.45, 2.75) is 49.8 Å². The third kappa shape index (κ3) is 2.91. The first-order chi connectivity index (χ1) is 18.1. The summed E-state index contributed by atoms with van der Waals surface area (Å²) < 4.78 is 7.91. The van der Waals surface area contributed by atoms with Crippen LogP contribution in [0.4, 0.5) is 5.82 Å². The van der Waals surface area contributed by atoms with E-state index >= 15 is 0 Å². The van der Waals surface area contributed by atoms with Gasteiger partial charge in [0, 0.05) is 18.0 Å². The van der Waals surface area contributed by atoms with Crippen LogP contribution in [0.5, 0.6) is 0 Å². The lowest BCUT2D eigenvalue weighted by Crippen LogP contribution is -2.48. The van der Waals surface area contributed by atoms with Gasteiger partial charge in [-0.1, -0.05) is 38.1 Å². The van der Waals surface area contributed by atoms with Gasteiger partial charge in [0.2, 0.25) is 0 Å². The number of amides is 2. The SMILES string of the molecule is CNC(CC=CCN1C(=O)c2ccccc2C1=O)[C@H]1O[C@@H](n2cnc3c(N)ncnc32)[C@@]2(O)C(C)(C)[C@@]12O. The van der Waals surface area contributed by atoms with Crippen molar-refractivity contribution in [2.24, 2.45) is 5.41 Å². The average Bonchev–Trinajstić information content (AvgIpc) is 3.35. The van der Waals surface area contributed by atoms with Gasteiger partial charge in [-0.3, -0.25) is 19.1 Å². The molecule has 1 saturated heterocycles. The lowest BCUT2D eigenvalue weighted by atomic mass is 9.94. The Kier molecular flexibility index (Phi) is 5.27. The predicted molar refractivity (Wildman–Crippen MR) is 136 cm³/mol. The Morgan fingerprint density at radius 1 is 1.11 bits per heavy atom. The number of hydrogen-bond acceptors (Lipinski definition) is 10. The Morgan fingerprint density at radius 2 is 1.79 bits per heavy atom. The highest BCUT2D eigenvalue weighted by molar-refractivity contribution is 6.21. The number of rotatable bonds is 7. The van der Waals surface area contributed by atoms with E-state index < -0.39 is 35.0 Å². The number of nitrogens with zero attached hydrogens (tertiary/aromatic N) is 5. The number of aliphatic hydroxyl groups is 2. The van der Waals surface area contributed by atoms with Crippen molar-refractivity contribution in [1.29, 1.82) is 0 Å². The molecule has 4 heterocycles. The number of nitrogen functional groups attached to an aromatic ring is 1. The van der Waals surface area contributed by atoms with E-state index in [9.17, 15) is 19.8 Å². The summed E-state index contributed by atoms with van der Waals surface area (Å²) in [6, 6.07) is 6.36. The van der Waals surface area contributed by atoms with Crippen LogP contribution in [0.1, 0.15) is 47.2 Å². The minimum absolute atomic E-state index is 0.124. The number of benzene rings is 1. The molecule has 3 aromatic rings. The molecular formula is C26H29N7O5. The van der Waals surface area contributed by atoms with Crippen LogP contribution in [0.3, 0.4) is 0 Å². The number of imide groups is 1. The fourth-order valence-corrected chi connectivity index (χ4v) is 6.22. The predicted octanol–water partition coefficient (Wildman–Crippen LogP) is 0.638. The van der Waals surface area contributed by atoms with Gasteiger partial charge in [-0.25, -0.2) is 15.0 Å². The van der Waals surface area contributed by atoms with Gasteiger partial charge in [0.05, 0.1) is 17.5 Å². The first-order valence-electron chi connectivity index (χ1n) is 12.4. The van der Waals surface area contributed by atoms with Gasteiger partial charge in [-0.05, 0) is 25.6 Å². The van der Waals surface area contributed by atoms with Crippen LogP contribution in [0, 0.1) is 5.41 Å². The zero-order valence-corrected chi connectivity index (χ0v) is 21.2. The molecule has 1 aromatic carbocycles. The van der Waals surface area contributed by atoms with Crippen molar-refractivity contribution in [3.05, 3.63) is 60.2 Å². The minimum atomic E-state index is -1.61. The molecule has 2 fully saturated rings. The van der Waals surface area contributed by atoms with E-state index in [0.717, 1.165) is 0 Å². The van der Waals surface area contributed by atoms with Crippen molar-refractivity contribution >= 4 is 28.8 Å². The molecule has 1 saturated carbocycles. The summed E-state index contributed by atoms with van der Waals surface area (Å²) in [5.41, 5.74) is 3.43. The van der Waals surface area contributed by atoms with E-state index in [0.29, 0.717) is 28.7 Å². The Hall–Kier alpha value is -3.71. The first-order valence-corrected chi connectivity index (χ1v) is 12.4. The molecule has 1 aliphatic carbocycles. The highest BCUT2D eigenvalue weighted by Crippen LogP contribution is 2.76. The lowest BCUT2D eigenvalue weighted by Gasteiger charge is -2.32. The third-order valence-electron chi connectivity index (χ3n) is 8.57. The molecule has 2 amide bonds. The molecule has 3 aliphatic rings. The van der Waals surface area contributed by atoms with E-state index in [2.05, 4.69) is 20.3 Å². The van der Waals surface area contributed by atoms with E-state index in [1.54, 1.807) is 55.8 Å². The highest BCUT2D eigenvalue weighted by atomic mass is 16.6. The summed E-state index contributed by atoms with van der Waals surface area (Å²) in [6.07, 6.45) is 5.02. The minimum Gasteiger partial charge on any atom is -0.383 e. The van der Waals surface area contributed by atoms with Crippen LogP contribution < -0.4 is 11.1 Å². The second-order valence-corrected chi connectivity index (χ2v) is 10.5. The summed E-state index contributed by atoms with van der Waals surface area (Å²) >= 11 is 0. The van der Waals surface area contributed by atoms with Crippen LogP contribution in [0.2, 0.25) is 0 Å². The second kappa shape index (κ2) is 8.14. The number of likely N-dealkylation sites (N-methyl/N-ethyl adjacent to an activating group) is 1. The topological polar surface area (TPSA) is 169 Å². The molecule has 2 aliphatic heterocycles. The molecule has 198 valence electrons. The Labute approximate surface area is 218 Å². The van der Waals surface area contributed by atoms with E-state index in [4.69, 9.17) is 10.5 Å². The fourth-order valence-electron chi connectivity index (χ4n) is 6.22. The van der Waals surface area contributed by atoms with Gasteiger partial charge in [0.15, 0.2) is 17.7 Å². The Balaban J connectivity index is 1.22. The molecule has 6 rings (SSSR count). The zero-order valence-electron chi connectivity index (χ0n) is 21.2. The van der Waals surface area contributed by atoms with Crippen LogP contribution in [-0.2, 0) is 4.74 Å². The number of anilines is 1. The molecule has 38 heavy (non-hydrogen) atoms. The standard InChI is InChI=1S/C26H29N7O5/c1-24(2)25(36)18(38-23(26(24,25)37)33-13-31-17-19(27)29-12-30-20(17)33)16(28-3)10-6-7-11-32-21(34)14-8-4-5-9-15(14)22(32)35/h4-9,12-13,16,18,23,28,36-37H,10-11H2,1-3H3,(H2,27,29,30)/t16?,18-,23-,25+,26-/m1/s1. The Morgan fingerprint density at radius 3 is 2.45 bits per heavy atom. The first kappa shape index (κ1) is 24.6. The molecule has 0 radical (unpaired) electrons. The van der Waals surface area contributed by atoms with Gasteiger partial charge in [-0.15, -0.1) is 0 Å². The van der Waals surface area contributed by atoms with Crippen LogP contribution in [0.25, 0.3) is 11.2 Å². The van der Waals surface area contributed by atoms with Crippen LogP contribution in [0.15, 0.2) is 49.1 Å². The molecule has 0 bridgehead atoms. The van der Waals surface area contributed by atoms with Crippen molar-refractivity contribution in [2.75, 3.05) is 19.3 Å². The number of nitrogens with two attached hydrogens (primary N) is 1. The highest BCUT2D eigenvalue weighted by Gasteiger charge is 2.93. The van der Waals surface area contributed by atoms with Crippen LogP contribution >= 0.6 is 0 Å². The zero-order chi connectivity index (χ0) is 27.0. The number of imidazole rings is 1. The maximum atomic E-state index is 12.6. The van der Waals surface area contributed by atoms with Gasteiger partial charge < -0.3 is 26.0 Å². The van der Waals surface area contributed by atoms with Crippen molar-refractivity contribution in [3.63, 3.8) is 0 Å². The number of hydrogen-bond donors (Lipinski definition) is 4. The van der Waals surface area contributed by atoms with E-state index in [1.807, 2.05) is 6.08 Å². The summed E-state index contributed by atoms with van der Waals surface area (Å²) in [5, 5.41) is 26.7. The van der Waals surface area contributed by atoms with E-state index in [1.165, 1.54) is 17.6 Å². The lowest BCUT2D eigenvalue weighted by molar-refractivity contribution is -0.120.